The van der Waals surface area contributed by atoms with Crippen LogP contribution in [0.1, 0.15) is 16.1 Å². The number of amides is 1. The fourth-order valence-corrected chi connectivity index (χ4v) is 2.67. The SMILES string of the molecule is COc1ccc(CCNC(=O)c2cnc(Nc3cccc(F)c3)cn2)cc1OC. The number of nitrogens with one attached hydrogen (secondary N) is 2. The third kappa shape index (κ3) is 5.41. The summed E-state index contributed by atoms with van der Waals surface area (Å²) in [6.45, 7) is 0.430. The maximum Gasteiger partial charge on any atom is 0.271 e. The highest BCUT2D eigenvalue weighted by Gasteiger charge is 2.09. The normalized spacial score (nSPS) is 10.3. The molecule has 0 spiro atoms. The van der Waals surface area contributed by atoms with Crippen molar-refractivity contribution in [1.29, 1.82) is 0 Å². The van der Waals surface area contributed by atoms with Crippen molar-refractivity contribution in [3.8, 4) is 11.5 Å². The molecule has 8 heteroatoms. The van der Waals surface area contributed by atoms with Gasteiger partial charge in [0.05, 0.1) is 26.6 Å². The molecular weight excluding hydrogens is 375 g/mol. The molecule has 0 unspecified atom stereocenters. The molecule has 2 N–H and O–H groups in total. The Balaban J connectivity index is 1.53. The Morgan fingerprint density at radius 1 is 1.03 bits per heavy atom. The van der Waals surface area contributed by atoms with Gasteiger partial charge in [-0.25, -0.2) is 14.4 Å². The second-order valence-electron chi connectivity index (χ2n) is 6.12. The molecular formula is C21H21FN4O3. The quantitative estimate of drug-likeness (QED) is 0.607. The van der Waals surface area contributed by atoms with E-state index in [1.165, 1.54) is 24.5 Å². The van der Waals surface area contributed by atoms with E-state index in [0.717, 1.165) is 5.56 Å². The second-order valence-corrected chi connectivity index (χ2v) is 6.12. The van der Waals surface area contributed by atoms with Crippen molar-refractivity contribution in [2.45, 2.75) is 6.42 Å². The Bertz CT molecular complexity index is 980. The molecule has 0 radical (unpaired) electrons. The Morgan fingerprint density at radius 3 is 2.55 bits per heavy atom. The van der Waals surface area contributed by atoms with Crippen LogP contribution in [0.15, 0.2) is 54.9 Å². The molecule has 0 aliphatic carbocycles. The van der Waals surface area contributed by atoms with Crippen molar-refractivity contribution in [3.63, 3.8) is 0 Å². The van der Waals surface area contributed by atoms with E-state index in [9.17, 15) is 9.18 Å². The van der Waals surface area contributed by atoms with Crippen molar-refractivity contribution >= 4 is 17.4 Å². The Hall–Kier alpha value is -3.68. The van der Waals surface area contributed by atoms with Crippen molar-refractivity contribution in [2.24, 2.45) is 0 Å². The summed E-state index contributed by atoms with van der Waals surface area (Å²) in [5, 5.41) is 5.73. The maximum atomic E-state index is 13.2. The first-order chi connectivity index (χ1) is 14.1. The topological polar surface area (TPSA) is 85.4 Å². The Morgan fingerprint density at radius 2 is 1.86 bits per heavy atom. The highest BCUT2D eigenvalue weighted by atomic mass is 19.1. The fraction of sp³-hybridized carbons (Fsp3) is 0.190. The van der Waals surface area contributed by atoms with Gasteiger partial charge < -0.3 is 20.1 Å². The Kier molecular flexibility index (Phi) is 6.57. The van der Waals surface area contributed by atoms with E-state index in [2.05, 4.69) is 20.6 Å². The molecule has 2 aromatic carbocycles. The summed E-state index contributed by atoms with van der Waals surface area (Å²) in [6.07, 6.45) is 3.42. The molecule has 0 fully saturated rings. The van der Waals surface area contributed by atoms with Crippen LogP contribution in [0.25, 0.3) is 0 Å². The predicted molar refractivity (Wildman–Crippen MR) is 107 cm³/mol. The number of methoxy groups -OCH3 is 2. The van der Waals surface area contributed by atoms with E-state index in [1.807, 2.05) is 18.2 Å². The third-order valence-corrected chi connectivity index (χ3v) is 4.13. The van der Waals surface area contributed by atoms with Gasteiger partial charge in [-0.15, -0.1) is 0 Å². The third-order valence-electron chi connectivity index (χ3n) is 4.13. The van der Waals surface area contributed by atoms with Gasteiger partial charge in [-0.05, 0) is 42.3 Å². The summed E-state index contributed by atoms with van der Waals surface area (Å²) in [5.41, 5.74) is 1.75. The van der Waals surface area contributed by atoms with Gasteiger partial charge in [0, 0.05) is 12.2 Å². The van der Waals surface area contributed by atoms with Crippen LogP contribution in [0.3, 0.4) is 0 Å². The molecule has 7 nitrogen and oxygen atoms in total. The summed E-state index contributed by atoms with van der Waals surface area (Å²) in [6, 6.07) is 11.6. The zero-order valence-corrected chi connectivity index (χ0v) is 16.1. The molecule has 1 heterocycles. The minimum atomic E-state index is -0.353. The lowest BCUT2D eigenvalue weighted by Crippen LogP contribution is -2.26. The smallest absolute Gasteiger partial charge is 0.271 e. The van der Waals surface area contributed by atoms with Gasteiger partial charge in [-0.2, -0.15) is 0 Å². The molecule has 0 saturated carbocycles. The molecule has 1 amide bonds. The highest BCUT2D eigenvalue weighted by molar-refractivity contribution is 5.92. The number of aromatic nitrogens is 2. The van der Waals surface area contributed by atoms with Gasteiger partial charge in [-0.1, -0.05) is 12.1 Å². The second kappa shape index (κ2) is 9.50. The van der Waals surface area contributed by atoms with E-state index < -0.39 is 0 Å². The molecule has 29 heavy (non-hydrogen) atoms. The maximum absolute atomic E-state index is 13.2. The molecule has 3 rings (SSSR count). The number of carbonyl (C=O) groups is 1. The van der Waals surface area contributed by atoms with Crippen LogP contribution in [-0.2, 0) is 6.42 Å². The zero-order valence-electron chi connectivity index (χ0n) is 16.1. The number of rotatable bonds is 8. The van der Waals surface area contributed by atoms with Crippen LogP contribution < -0.4 is 20.1 Å². The number of ether oxygens (including phenoxy) is 2. The number of anilines is 2. The minimum absolute atomic E-state index is 0.196. The number of benzene rings is 2. The molecule has 0 aliphatic heterocycles. The van der Waals surface area contributed by atoms with Gasteiger partial charge in [0.2, 0.25) is 0 Å². The fourth-order valence-electron chi connectivity index (χ4n) is 2.67. The summed E-state index contributed by atoms with van der Waals surface area (Å²) in [5.74, 6) is 1.03. The standard InChI is InChI=1S/C21H21FN4O3/c1-28-18-7-6-14(10-19(18)29-2)8-9-23-21(27)17-12-25-20(13-24-17)26-16-5-3-4-15(22)11-16/h3-7,10-13H,8-9H2,1-2H3,(H,23,27)(H,25,26). The monoisotopic (exact) mass is 396 g/mol. The largest absolute Gasteiger partial charge is 0.493 e. The number of halogens is 1. The van der Waals surface area contributed by atoms with Crippen LogP contribution in [0.5, 0.6) is 11.5 Å². The average molecular weight is 396 g/mol. The highest BCUT2D eigenvalue weighted by Crippen LogP contribution is 2.27. The number of carbonyl (C=O) groups excluding carboxylic acids is 1. The van der Waals surface area contributed by atoms with E-state index in [4.69, 9.17) is 9.47 Å². The number of nitrogens with zero attached hydrogens (tertiary/aromatic N) is 2. The van der Waals surface area contributed by atoms with Crippen LogP contribution in [0.4, 0.5) is 15.9 Å². The molecule has 0 saturated heterocycles. The minimum Gasteiger partial charge on any atom is -0.493 e. The zero-order chi connectivity index (χ0) is 20.6. The summed E-state index contributed by atoms with van der Waals surface area (Å²) < 4.78 is 23.7. The van der Waals surface area contributed by atoms with Crippen molar-refractivity contribution < 1.29 is 18.7 Å². The van der Waals surface area contributed by atoms with E-state index in [0.29, 0.717) is 36.0 Å². The lowest BCUT2D eigenvalue weighted by molar-refractivity contribution is 0.0949. The van der Waals surface area contributed by atoms with Gasteiger partial charge in [0.1, 0.15) is 17.3 Å². The number of hydrogen-bond acceptors (Lipinski definition) is 6. The molecule has 0 atom stereocenters. The lowest BCUT2D eigenvalue weighted by atomic mass is 10.1. The van der Waals surface area contributed by atoms with Gasteiger partial charge in [0.15, 0.2) is 11.5 Å². The van der Waals surface area contributed by atoms with Crippen LogP contribution in [-0.4, -0.2) is 36.6 Å². The summed E-state index contributed by atoms with van der Waals surface area (Å²) in [7, 11) is 3.16. The van der Waals surface area contributed by atoms with E-state index in [1.54, 1.807) is 26.4 Å². The van der Waals surface area contributed by atoms with Gasteiger partial charge >= 0.3 is 0 Å². The van der Waals surface area contributed by atoms with Gasteiger partial charge in [-0.3, -0.25) is 4.79 Å². The molecule has 150 valence electrons. The number of hydrogen-bond donors (Lipinski definition) is 2. The summed E-state index contributed by atoms with van der Waals surface area (Å²) >= 11 is 0. The van der Waals surface area contributed by atoms with Crippen LogP contribution >= 0.6 is 0 Å². The predicted octanol–water partition coefficient (Wildman–Crippen LogP) is 3.35. The van der Waals surface area contributed by atoms with Crippen molar-refractivity contribution in [2.75, 3.05) is 26.1 Å². The lowest BCUT2D eigenvalue weighted by Gasteiger charge is -2.10. The van der Waals surface area contributed by atoms with Crippen molar-refractivity contribution in [3.05, 3.63) is 71.9 Å². The average Bonchev–Trinajstić information content (AvgIpc) is 2.74. The van der Waals surface area contributed by atoms with Crippen molar-refractivity contribution in [1.82, 2.24) is 15.3 Å². The van der Waals surface area contributed by atoms with Gasteiger partial charge in [0.25, 0.3) is 5.91 Å². The molecule has 1 aromatic heterocycles. The van der Waals surface area contributed by atoms with E-state index in [-0.39, 0.29) is 17.4 Å². The van der Waals surface area contributed by atoms with Crippen LogP contribution in [0.2, 0.25) is 0 Å². The van der Waals surface area contributed by atoms with Crippen LogP contribution in [0, 0.1) is 5.82 Å². The summed E-state index contributed by atoms with van der Waals surface area (Å²) in [4.78, 5) is 20.5. The molecule has 3 aromatic rings. The first kappa shape index (κ1) is 20.1. The first-order valence-electron chi connectivity index (χ1n) is 8.93. The first-order valence-corrected chi connectivity index (χ1v) is 8.93. The Labute approximate surface area is 167 Å². The molecule has 0 aliphatic rings. The molecule has 0 bridgehead atoms. The van der Waals surface area contributed by atoms with E-state index >= 15 is 0 Å².